The van der Waals surface area contributed by atoms with Crippen LogP contribution in [-0.2, 0) is 0 Å². The van der Waals surface area contributed by atoms with Gasteiger partial charge < -0.3 is 10.1 Å². The Morgan fingerprint density at radius 1 is 0.962 bits per heavy atom. The lowest BCUT2D eigenvalue weighted by atomic mass is 10.0. The van der Waals surface area contributed by atoms with Crippen molar-refractivity contribution < 1.29 is 13.9 Å². The third-order valence-corrected chi connectivity index (χ3v) is 4.08. The predicted molar refractivity (Wildman–Crippen MR) is 100 cm³/mol. The summed E-state index contributed by atoms with van der Waals surface area (Å²) in [4.78, 5) is 12.4. The lowest BCUT2D eigenvalue weighted by Crippen LogP contribution is -2.27. The minimum Gasteiger partial charge on any atom is -0.457 e. The maximum atomic E-state index is 13.0. The van der Waals surface area contributed by atoms with Crippen LogP contribution in [0.2, 0.25) is 0 Å². The molecule has 0 bridgehead atoms. The van der Waals surface area contributed by atoms with E-state index in [4.69, 9.17) is 4.74 Å². The summed E-state index contributed by atoms with van der Waals surface area (Å²) in [6.45, 7) is 2.46. The zero-order valence-electron chi connectivity index (χ0n) is 14.5. The van der Waals surface area contributed by atoms with Gasteiger partial charge in [-0.25, -0.2) is 4.39 Å². The largest absolute Gasteiger partial charge is 0.457 e. The van der Waals surface area contributed by atoms with Gasteiger partial charge in [0.25, 0.3) is 5.91 Å². The van der Waals surface area contributed by atoms with E-state index in [0.29, 0.717) is 17.9 Å². The van der Waals surface area contributed by atoms with Crippen molar-refractivity contribution in [2.75, 3.05) is 6.54 Å². The molecule has 132 valence electrons. The minimum absolute atomic E-state index is 0.0864. The van der Waals surface area contributed by atoms with Gasteiger partial charge in [-0.15, -0.1) is 0 Å². The Hall–Kier alpha value is -3.14. The fourth-order valence-corrected chi connectivity index (χ4v) is 2.58. The molecule has 1 unspecified atom stereocenters. The summed E-state index contributed by atoms with van der Waals surface area (Å²) < 4.78 is 18.8. The third-order valence-electron chi connectivity index (χ3n) is 4.08. The lowest BCUT2D eigenvalue weighted by molar-refractivity contribution is 0.0951. The molecule has 1 atom stereocenters. The van der Waals surface area contributed by atoms with E-state index in [9.17, 15) is 9.18 Å². The molecule has 26 heavy (non-hydrogen) atoms. The van der Waals surface area contributed by atoms with Crippen molar-refractivity contribution >= 4 is 5.91 Å². The molecule has 0 aliphatic carbocycles. The number of para-hydroxylation sites is 1. The minimum atomic E-state index is -0.264. The van der Waals surface area contributed by atoms with Crippen LogP contribution in [0.1, 0.15) is 28.8 Å². The first-order valence-electron chi connectivity index (χ1n) is 8.48. The van der Waals surface area contributed by atoms with Crippen molar-refractivity contribution in [1.82, 2.24) is 5.32 Å². The van der Waals surface area contributed by atoms with E-state index in [2.05, 4.69) is 5.32 Å². The fourth-order valence-electron chi connectivity index (χ4n) is 2.58. The summed E-state index contributed by atoms with van der Waals surface area (Å²) in [5, 5.41) is 2.91. The Morgan fingerprint density at radius 2 is 1.65 bits per heavy atom. The number of benzene rings is 3. The van der Waals surface area contributed by atoms with E-state index in [1.165, 1.54) is 12.1 Å². The Kier molecular flexibility index (Phi) is 5.64. The summed E-state index contributed by atoms with van der Waals surface area (Å²) in [7, 11) is 0. The van der Waals surface area contributed by atoms with Crippen molar-refractivity contribution in [3.8, 4) is 11.5 Å². The molecule has 3 aromatic carbocycles. The molecule has 0 fully saturated rings. The number of carbonyl (C=O) groups excluding carboxylic acids is 1. The molecule has 0 radical (unpaired) electrons. The van der Waals surface area contributed by atoms with Gasteiger partial charge in [0.2, 0.25) is 0 Å². The maximum Gasteiger partial charge on any atom is 0.251 e. The second-order valence-corrected chi connectivity index (χ2v) is 6.11. The predicted octanol–water partition coefficient (Wildman–Crippen LogP) is 5.15. The van der Waals surface area contributed by atoms with E-state index in [1.807, 2.05) is 43.3 Å². The van der Waals surface area contributed by atoms with Crippen molar-refractivity contribution in [1.29, 1.82) is 0 Å². The molecule has 4 heteroatoms. The van der Waals surface area contributed by atoms with E-state index in [-0.39, 0.29) is 17.6 Å². The molecule has 3 nitrogen and oxygen atoms in total. The molecule has 0 spiro atoms. The molecule has 1 amide bonds. The normalized spacial score (nSPS) is 11.6. The number of halogens is 1. The highest BCUT2D eigenvalue weighted by Crippen LogP contribution is 2.22. The number of hydrogen-bond donors (Lipinski definition) is 1. The van der Waals surface area contributed by atoms with Crippen molar-refractivity contribution in [3.63, 3.8) is 0 Å². The van der Waals surface area contributed by atoms with Crippen LogP contribution >= 0.6 is 0 Å². The van der Waals surface area contributed by atoms with Crippen LogP contribution in [0.3, 0.4) is 0 Å². The average molecular weight is 349 g/mol. The second-order valence-electron chi connectivity index (χ2n) is 6.11. The van der Waals surface area contributed by atoms with E-state index >= 15 is 0 Å². The number of nitrogens with one attached hydrogen (secondary N) is 1. The second kappa shape index (κ2) is 8.30. The number of amides is 1. The van der Waals surface area contributed by atoms with Crippen LogP contribution in [0.15, 0.2) is 78.9 Å². The molecule has 0 aromatic heterocycles. The van der Waals surface area contributed by atoms with E-state index in [0.717, 1.165) is 11.3 Å². The molecule has 0 aliphatic rings. The van der Waals surface area contributed by atoms with Crippen LogP contribution in [0, 0.1) is 5.82 Å². The summed E-state index contributed by atoms with van der Waals surface area (Å²) in [5.41, 5.74) is 1.51. The van der Waals surface area contributed by atoms with Crippen molar-refractivity contribution in [2.45, 2.75) is 12.8 Å². The quantitative estimate of drug-likeness (QED) is 0.668. The molecule has 3 aromatic rings. The van der Waals surface area contributed by atoms with Crippen LogP contribution < -0.4 is 10.1 Å². The standard InChI is InChI=1S/C22H20FNO2/c1-16(17-10-12-19(23)13-11-17)15-24-22(25)18-6-5-9-21(14-18)26-20-7-3-2-4-8-20/h2-14,16H,15H2,1H3,(H,24,25). The average Bonchev–Trinajstić information content (AvgIpc) is 2.67. The highest BCUT2D eigenvalue weighted by atomic mass is 19.1. The van der Waals surface area contributed by atoms with Gasteiger partial charge in [0.15, 0.2) is 0 Å². The smallest absolute Gasteiger partial charge is 0.251 e. The first-order chi connectivity index (χ1) is 12.6. The molecule has 0 saturated heterocycles. The van der Waals surface area contributed by atoms with E-state index < -0.39 is 0 Å². The first kappa shape index (κ1) is 17.7. The molecular weight excluding hydrogens is 329 g/mol. The van der Waals surface area contributed by atoms with Gasteiger partial charge in [-0.1, -0.05) is 43.3 Å². The van der Waals surface area contributed by atoms with Crippen LogP contribution in [0.25, 0.3) is 0 Å². The zero-order valence-corrected chi connectivity index (χ0v) is 14.5. The zero-order chi connectivity index (χ0) is 18.4. The molecule has 0 heterocycles. The molecule has 1 N–H and O–H groups in total. The molecular formula is C22H20FNO2. The van der Waals surface area contributed by atoms with Crippen molar-refractivity contribution in [3.05, 3.63) is 95.8 Å². The molecule has 0 saturated carbocycles. The summed E-state index contributed by atoms with van der Waals surface area (Å²) in [6.07, 6.45) is 0. The Labute approximate surface area is 152 Å². The lowest BCUT2D eigenvalue weighted by Gasteiger charge is -2.13. The highest BCUT2D eigenvalue weighted by molar-refractivity contribution is 5.94. The van der Waals surface area contributed by atoms with Gasteiger partial charge in [-0.3, -0.25) is 4.79 Å². The Morgan fingerprint density at radius 3 is 2.38 bits per heavy atom. The molecule has 0 aliphatic heterocycles. The number of rotatable bonds is 6. The fraction of sp³-hybridized carbons (Fsp3) is 0.136. The summed E-state index contributed by atoms with van der Waals surface area (Å²) in [5.74, 6) is 0.978. The van der Waals surface area contributed by atoms with Gasteiger partial charge in [0.1, 0.15) is 17.3 Å². The van der Waals surface area contributed by atoms with Gasteiger partial charge in [0.05, 0.1) is 0 Å². The topological polar surface area (TPSA) is 38.3 Å². The Bertz CT molecular complexity index is 863. The SMILES string of the molecule is CC(CNC(=O)c1cccc(Oc2ccccc2)c1)c1ccc(F)cc1. The Balaban J connectivity index is 1.61. The van der Waals surface area contributed by atoms with Gasteiger partial charge in [-0.2, -0.15) is 0 Å². The maximum absolute atomic E-state index is 13.0. The molecule has 3 rings (SSSR count). The van der Waals surface area contributed by atoms with Crippen molar-refractivity contribution in [2.24, 2.45) is 0 Å². The van der Waals surface area contributed by atoms with Gasteiger partial charge >= 0.3 is 0 Å². The number of carbonyl (C=O) groups is 1. The van der Waals surface area contributed by atoms with Crippen LogP contribution in [0.5, 0.6) is 11.5 Å². The first-order valence-corrected chi connectivity index (χ1v) is 8.48. The third kappa shape index (κ3) is 4.70. The van der Waals surface area contributed by atoms with Gasteiger partial charge in [0, 0.05) is 12.1 Å². The van der Waals surface area contributed by atoms with Gasteiger partial charge in [-0.05, 0) is 53.9 Å². The van der Waals surface area contributed by atoms with E-state index in [1.54, 1.807) is 30.3 Å². The number of hydrogen-bond acceptors (Lipinski definition) is 2. The monoisotopic (exact) mass is 349 g/mol. The summed E-state index contributed by atoms with van der Waals surface area (Å²) in [6, 6.07) is 22.8. The van der Waals surface area contributed by atoms with Crippen LogP contribution in [0.4, 0.5) is 4.39 Å². The summed E-state index contributed by atoms with van der Waals surface area (Å²) >= 11 is 0. The highest BCUT2D eigenvalue weighted by Gasteiger charge is 2.11. The number of ether oxygens (including phenoxy) is 1. The van der Waals surface area contributed by atoms with Crippen LogP contribution in [-0.4, -0.2) is 12.5 Å².